The number of benzene rings is 1. The molecule has 1 aromatic carbocycles. The summed E-state index contributed by atoms with van der Waals surface area (Å²) in [7, 11) is 1.94. The quantitative estimate of drug-likeness (QED) is 0.779. The zero-order valence-corrected chi connectivity index (χ0v) is 12.2. The van der Waals surface area contributed by atoms with Gasteiger partial charge in [0.2, 0.25) is 0 Å². The Balaban J connectivity index is 1.72. The van der Waals surface area contributed by atoms with Crippen LogP contribution >= 0.6 is 0 Å². The zero-order chi connectivity index (χ0) is 14.2. The summed E-state index contributed by atoms with van der Waals surface area (Å²) in [5, 5.41) is 9.06. The van der Waals surface area contributed by atoms with Crippen molar-refractivity contribution in [3.63, 3.8) is 0 Å². The topological polar surface area (TPSA) is 47.7 Å². The molecule has 3 aromatic rings. The molecule has 1 saturated carbocycles. The molecule has 1 fully saturated rings. The van der Waals surface area contributed by atoms with Gasteiger partial charge in [-0.25, -0.2) is 4.98 Å². The highest BCUT2D eigenvalue weighted by Crippen LogP contribution is 2.23. The van der Waals surface area contributed by atoms with Gasteiger partial charge >= 0.3 is 0 Å². The SMILES string of the molecule is Cn1ncnc1Cn1c(CNC2CC2)cc2ccccc21. The van der Waals surface area contributed by atoms with Gasteiger partial charge in [-0.1, -0.05) is 18.2 Å². The van der Waals surface area contributed by atoms with Crippen molar-refractivity contribution < 1.29 is 0 Å². The third-order valence-electron chi connectivity index (χ3n) is 4.15. The fourth-order valence-electron chi connectivity index (χ4n) is 2.74. The maximum Gasteiger partial charge on any atom is 0.146 e. The lowest BCUT2D eigenvalue weighted by Gasteiger charge is -2.11. The van der Waals surface area contributed by atoms with Crippen LogP contribution in [0.2, 0.25) is 0 Å². The second-order valence-electron chi connectivity index (χ2n) is 5.74. The third kappa shape index (κ3) is 2.45. The van der Waals surface area contributed by atoms with Gasteiger partial charge in [0.15, 0.2) is 0 Å². The highest BCUT2D eigenvalue weighted by Gasteiger charge is 2.21. The van der Waals surface area contributed by atoms with E-state index in [0.29, 0.717) is 6.04 Å². The predicted octanol–water partition coefficient (Wildman–Crippen LogP) is 2.07. The molecule has 1 aliphatic rings. The van der Waals surface area contributed by atoms with Gasteiger partial charge < -0.3 is 9.88 Å². The van der Waals surface area contributed by atoms with Crippen LogP contribution in [0, 0.1) is 0 Å². The Hall–Kier alpha value is -2.14. The normalized spacial score (nSPS) is 14.9. The first-order valence-electron chi connectivity index (χ1n) is 7.44. The van der Waals surface area contributed by atoms with Gasteiger partial charge in [-0.2, -0.15) is 5.10 Å². The molecular formula is C16H19N5. The van der Waals surface area contributed by atoms with Crippen molar-refractivity contribution in [3.05, 3.63) is 48.2 Å². The van der Waals surface area contributed by atoms with Gasteiger partial charge in [-0.15, -0.1) is 0 Å². The molecule has 21 heavy (non-hydrogen) atoms. The number of hydrogen-bond donors (Lipinski definition) is 1. The van der Waals surface area contributed by atoms with Crippen LogP contribution in [0.4, 0.5) is 0 Å². The summed E-state index contributed by atoms with van der Waals surface area (Å²) in [6.45, 7) is 1.67. The van der Waals surface area contributed by atoms with Crippen LogP contribution in [0.15, 0.2) is 36.7 Å². The van der Waals surface area contributed by atoms with Crippen LogP contribution in [0.5, 0.6) is 0 Å². The van der Waals surface area contributed by atoms with E-state index in [2.05, 4.69) is 50.3 Å². The van der Waals surface area contributed by atoms with E-state index in [9.17, 15) is 0 Å². The molecule has 108 valence electrons. The number of rotatable bonds is 5. The number of nitrogens with one attached hydrogen (secondary N) is 1. The second-order valence-corrected chi connectivity index (χ2v) is 5.74. The molecule has 0 unspecified atom stereocenters. The van der Waals surface area contributed by atoms with E-state index in [0.717, 1.165) is 18.9 Å². The Labute approximate surface area is 123 Å². The molecule has 0 bridgehead atoms. The monoisotopic (exact) mass is 281 g/mol. The van der Waals surface area contributed by atoms with E-state index in [1.807, 2.05) is 11.7 Å². The molecule has 1 N–H and O–H groups in total. The molecule has 4 rings (SSSR count). The standard InChI is InChI=1S/C16H19N5/c1-20-16(18-11-19-20)10-21-14(9-17-13-6-7-13)8-12-4-2-3-5-15(12)21/h2-5,8,11,13,17H,6-7,9-10H2,1H3. The third-order valence-corrected chi connectivity index (χ3v) is 4.15. The average Bonchev–Trinajstić information content (AvgIpc) is 3.15. The molecule has 0 amide bonds. The van der Waals surface area contributed by atoms with Crippen molar-refractivity contribution in [2.45, 2.75) is 32.0 Å². The van der Waals surface area contributed by atoms with Crippen molar-refractivity contribution in [1.29, 1.82) is 0 Å². The van der Waals surface area contributed by atoms with Crippen LogP contribution in [-0.4, -0.2) is 25.4 Å². The summed E-state index contributed by atoms with van der Waals surface area (Å²) in [5.74, 6) is 0.976. The lowest BCUT2D eigenvalue weighted by molar-refractivity contribution is 0.613. The minimum atomic E-state index is 0.714. The zero-order valence-electron chi connectivity index (χ0n) is 12.2. The minimum absolute atomic E-state index is 0.714. The summed E-state index contributed by atoms with van der Waals surface area (Å²) in [4.78, 5) is 4.36. The summed E-state index contributed by atoms with van der Waals surface area (Å²) >= 11 is 0. The summed E-state index contributed by atoms with van der Waals surface area (Å²) in [6, 6.07) is 11.5. The first-order valence-corrected chi connectivity index (χ1v) is 7.44. The molecule has 0 spiro atoms. The van der Waals surface area contributed by atoms with Gasteiger partial charge in [-0.05, 0) is 30.4 Å². The lowest BCUT2D eigenvalue weighted by atomic mass is 10.2. The first-order chi connectivity index (χ1) is 10.3. The van der Waals surface area contributed by atoms with E-state index < -0.39 is 0 Å². The first kappa shape index (κ1) is 12.6. The number of hydrogen-bond acceptors (Lipinski definition) is 3. The van der Waals surface area contributed by atoms with E-state index in [1.54, 1.807) is 6.33 Å². The van der Waals surface area contributed by atoms with E-state index in [4.69, 9.17) is 0 Å². The van der Waals surface area contributed by atoms with Gasteiger partial charge in [0.25, 0.3) is 0 Å². The number of fused-ring (bicyclic) bond motifs is 1. The predicted molar refractivity (Wildman–Crippen MR) is 81.9 cm³/mol. The molecule has 0 atom stereocenters. The van der Waals surface area contributed by atoms with Gasteiger partial charge in [0.05, 0.1) is 6.54 Å². The summed E-state index contributed by atoms with van der Waals surface area (Å²) in [5.41, 5.74) is 2.57. The number of aromatic nitrogens is 4. The fraction of sp³-hybridized carbons (Fsp3) is 0.375. The molecule has 2 aromatic heterocycles. The maximum absolute atomic E-state index is 4.36. The Morgan fingerprint density at radius 1 is 1.29 bits per heavy atom. The molecule has 5 nitrogen and oxygen atoms in total. The Morgan fingerprint density at radius 3 is 2.90 bits per heavy atom. The highest BCUT2D eigenvalue weighted by atomic mass is 15.3. The van der Waals surface area contributed by atoms with E-state index >= 15 is 0 Å². The van der Waals surface area contributed by atoms with Crippen molar-refractivity contribution in [2.24, 2.45) is 7.05 Å². The maximum atomic E-state index is 4.36. The minimum Gasteiger partial charge on any atom is -0.336 e. The van der Waals surface area contributed by atoms with Crippen LogP contribution < -0.4 is 5.32 Å². The molecule has 0 aliphatic heterocycles. The van der Waals surface area contributed by atoms with Crippen LogP contribution in [0.3, 0.4) is 0 Å². The summed E-state index contributed by atoms with van der Waals surface area (Å²) < 4.78 is 4.18. The number of para-hydroxylation sites is 1. The van der Waals surface area contributed by atoms with Crippen LogP contribution in [0.1, 0.15) is 24.4 Å². The van der Waals surface area contributed by atoms with Crippen molar-refractivity contribution in [3.8, 4) is 0 Å². The number of nitrogens with zero attached hydrogens (tertiary/aromatic N) is 4. The molecule has 0 saturated heterocycles. The average molecular weight is 281 g/mol. The smallest absolute Gasteiger partial charge is 0.146 e. The Morgan fingerprint density at radius 2 is 2.14 bits per heavy atom. The Kier molecular flexibility index (Phi) is 3.00. The van der Waals surface area contributed by atoms with Crippen LogP contribution in [-0.2, 0) is 20.1 Å². The van der Waals surface area contributed by atoms with Gasteiger partial charge in [-0.3, -0.25) is 4.68 Å². The van der Waals surface area contributed by atoms with E-state index in [1.165, 1.54) is 29.4 Å². The number of aryl methyl sites for hydroxylation is 1. The van der Waals surface area contributed by atoms with Gasteiger partial charge in [0, 0.05) is 30.8 Å². The second kappa shape index (κ2) is 5.00. The van der Waals surface area contributed by atoms with Crippen molar-refractivity contribution >= 4 is 10.9 Å². The molecule has 5 heteroatoms. The lowest BCUT2D eigenvalue weighted by Crippen LogP contribution is -2.19. The van der Waals surface area contributed by atoms with Gasteiger partial charge in [0.1, 0.15) is 12.2 Å². The van der Waals surface area contributed by atoms with E-state index in [-0.39, 0.29) is 0 Å². The molecule has 1 aliphatic carbocycles. The van der Waals surface area contributed by atoms with Crippen molar-refractivity contribution in [1.82, 2.24) is 24.6 Å². The van der Waals surface area contributed by atoms with Crippen LogP contribution in [0.25, 0.3) is 10.9 Å². The molecule has 2 heterocycles. The molecule has 0 radical (unpaired) electrons. The largest absolute Gasteiger partial charge is 0.336 e. The summed E-state index contributed by atoms with van der Waals surface area (Å²) in [6.07, 6.45) is 4.23. The fourth-order valence-corrected chi connectivity index (χ4v) is 2.74. The highest BCUT2D eigenvalue weighted by molar-refractivity contribution is 5.81. The van der Waals surface area contributed by atoms with Crippen molar-refractivity contribution in [2.75, 3.05) is 0 Å². The Bertz CT molecular complexity index is 766. The molecular weight excluding hydrogens is 262 g/mol.